The van der Waals surface area contributed by atoms with Gasteiger partial charge in [0, 0.05) is 32.5 Å². The highest BCUT2D eigenvalue weighted by Crippen LogP contribution is 2.37. The van der Waals surface area contributed by atoms with Crippen molar-refractivity contribution in [2.24, 2.45) is 5.92 Å². The number of hydrogen-bond acceptors (Lipinski definition) is 4. The Kier molecular flexibility index (Phi) is 6.34. The summed E-state index contributed by atoms with van der Waals surface area (Å²) >= 11 is 0. The van der Waals surface area contributed by atoms with Crippen molar-refractivity contribution < 1.29 is 17.9 Å². The van der Waals surface area contributed by atoms with Gasteiger partial charge in [-0.15, -0.1) is 0 Å². The Labute approximate surface area is 184 Å². The quantitative estimate of drug-likeness (QED) is 0.725. The Bertz CT molecular complexity index is 1020. The first-order chi connectivity index (χ1) is 14.9. The van der Waals surface area contributed by atoms with Crippen LogP contribution in [-0.4, -0.2) is 48.8 Å². The van der Waals surface area contributed by atoms with Gasteiger partial charge in [0.15, 0.2) is 0 Å². The number of para-hydroxylation sites is 1. The number of fused-ring (bicyclic) bond motifs is 2. The van der Waals surface area contributed by atoms with Crippen molar-refractivity contribution in [2.45, 2.75) is 56.7 Å². The number of carbonyl (C=O) groups is 1. The zero-order valence-electron chi connectivity index (χ0n) is 18.1. The fourth-order valence-electron chi connectivity index (χ4n) is 4.45. The van der Waals surface area contributed by atoms with Crippen LogP contribution in [0.2, 0.25) is 0 Å². The first-order valence-corrected chi connectivity index (χ1v) is 12.4. The van der Waals surface area contributed by atoms with Crippen molar-refractivity contribution >= 4 is 15.9 Å². The Morgan fingerprint density at radius 1 is 1.03 bits per heavy atom. The van der Waals surface area contributed by atoms with Gasteiger partial charge < -0.3 is 9.64 Å². The van der Waals surface area contributed by atoms with E-state index in [-0.39, 0.29) is 29.5 Å². The van der Waals surface area contributed by atoms with Crippen LogP contribution in [-0.2, 0) is 21.4 Å². The van der Waals surface area contributed by atoms with Gasteiger partial charge in [0.25, 0.3) is 0 Å². The van der Waals surface area contributed by atoms with E-state index in [0.717, 1.165) is 5.56 Å². The Hall–Kier alpha value is -2.38. The van der Waals surface area contributed by atoms with Crippen LogP contribution >= 0.6 is 0 Å². The summed E-state index contributed by atoms with van der Waals surface area (Å²) in [5.74, 6) is 0.818. The smallest absolute Gasteiger partial charge is 0.247 e. The molecule has 2 aromatic rings. The molecule has 0 N–H and O–H groups in total. The zero-order valence-corrected chi connectivity index (χ0v) is 18.9. The average Bonchev–Trinajstić information content (AvgIpc) is 2.99. The van der Waals surface area contributed by atoms with Gasteiger partial charge in [-0.05, 0) is 30.0 Å². The zero-order chi connectivity index (χ0) is 22.0. The second-order valence-corrected chi connectivity index (χ2v) is 10.6. The van der Waals surface area contributed by atoms with Crippen molar-refractivity contribution in [3.8, 4) is 5.75 Å². The van der Waals surface area contributed by atoms with E-state index in [4.69, 9.17) is 4.74 Å². The normalized spacial score (nSPS) is 23.3. The number of likely N-dealkylation sites (tertiary alicyclic amines) is 1. The monoisotopic (exact) mass is 442 g/mol. The fraction of sp³-hybridized carbons (Fsp3) is 0.458. The molecular weight excluding hydrogens is 412 g/mol. The van der Waals surface area contributed by atoms with Gasteiger partial charge in [0.1, 0.15) is 16.7 Å². The second-order valence-electron chi connectivity index (χ2n) is 8.76. The molecule has 0 radical (unpaired) electrons. The van der Waals surface area contributed by atoms with E-state index in [0.29, 0.717) is 44.0 Å². The van der Waals surface area contributed by atoms with E-state index in [1.165, 1.54) is 0 Å². The number of carbonyl (C=O) groups excluding carboxylic acids is 1. The maximum absolute atomic E-state index is 13.7. The summed E-state index contributed by atoms with van der Waals surface area (Å²) in [7, 11) is -3.76. The molecule has 2 aromatic carbocycles. The van der Waals surface area contributed by atoms with Gasteiger partial charge in [-0.2, -0.15) is 4.31 Å². The Morgan fingerprint density at radius 2 is 1.71 bits per heavy atom. The molecule has 0 spiro atoms. The molecular formula is C24H30N2O4S. The van der Waals surface area contributed by atoms with Crippen LogP contribution in [0.15, 0.2) is 59.5 Å². The standard InChI is InChI=1S/C24H30N2O4S/c1-18(2)16-24(27)25-14-12-20-21(13-15-25)30-22-10-6-7-11-23(22)31(28,29)26(20)17-19-8-4-3-5-9-19/h3-11,18,20-21H,12-17H2,1-2H3/t20-,21-/m0/s1. The number of nitrogens with zero attached hydrogens (tertiary/aromatic N) is 2. The first kappa shape index (κ1) is 21.8. The molecule has 0 aliphatic carbocycles. The van der Waals surface area contributed by atoms with Crippen LogP contribution in [0.1, 0.15) is 38.7 Å². The fourth-order valence-corrected chi connectivity index (χ4v) is 6.24. The highest BCUT2D eigenvalue weighted by atomic mass is 32.2. The number of benzene rings is 2. The highest BCUT2D eigenvalue weighted by Gasteiger charge is 2.43. The van der Waals surface area contributed by atoms with Gasteiger partial charge >= 0.3 is 0 Å². The van der Waals surface area contributed by atoms with Gasteiger partial charge in [-0.25, -0.2) is 8.42 Å². The van der Waals surface area contributed by atoms with Crippen molar-refractivity contribution in [2.75, 3.05) is 13.1 Å². The summed E-state index contributed by atoms with van der Waals surface area (Å²) in [5.41, 5.74) is 0.932. The third-order valence-electron chi connectivity index (χ3n) is 6.01. The van der Waals surface area contributed by atoms with Gasteiger partial charge in [0.05, 0.1) is 6.04 Å². The summed E-state index contributed by atoms with van der Waals surface area (Å²) in [6.45, 7) is 5.46. The van der Waals surface area contributed by atoms with Crippen molar-refractivity contribution in [1.29, 1.82) is 0 Å². The SMILES string of the molecule is CC(C)CC(=O)N1CC[C@@H]2Oc3ccccc3S(=O)(=O)N(Cc3ccccc3)[C@H]2CC1. The molecule has 1 fully saturated rings. The predicted octanol–water partition coefficient (Wildman–Crippen LogP) is 3.68. The van der Waals surface area contributed by atoms with E-state index < -0.39 is 10.0 Å². The molecule has 2 aliphatic heterocycles. The summed E-state index contributed by atoms with van der Waals surface area (Å²) in [5, 5.41) is 0. The Morgan fingerprint density at radius 3 is 2.45 bits per heavy atom. The molecule has 2 heterocycles. The lowest BCUT2D eigenvalue weighted by atomic mass is 10.1. The predicted molar refractivity (Wildman–Crippen MR) is 119 cm³/mol. The number of ether oxygens (including phenoxy) is 1. The third kappa shape index (κ3) is 4.62. The molecule has 0 unspecified atom stereocenters. The molecule has 0 saturated carbocycles. The van der Waals surface area contributed by atoms with E-state index in [1.807, 2.05) is 49.1 Å². The summed E-state index contributed by atoms with van der Waals surface area (Å²) in [6, 6.07) is 16.2. The number of amides is 1. The number of sulfonamides is 1. The van der Waals surface area contributed by atoms with Crippen molar-refractivity contribution in [1.82, 2.24) is 9.21 Å². The molecule has 1 saturated heterocycles. The second kappa shape index (κ2) is 9.01. The largest absolute Gasteiger partial charge is 0.487 e. The van der Waals surface area contributed by atoms with Crippen LogP contribution in [0.4, 0.5) is 0 Å². The summed E-state index contributed by atoms with van der Waals surface area (Å²) in [6.07, 6.45) is 1.35. The van der Waals surface area contributed by atoms with E-state index >= 15 is 0 Å². The minimum absolute atomic E-state index is 0.129. The number of hydrogen-bond donors (Lipinski definition) is 0. The van der Waals surface area contributed by atoms with Crippen LogP contribution in [0, 0.1) is 5.92 Å². The summed E-state index contributed by atoms with van der Waals surface area (Å²) in [4.78, 5) is 14.8. The molecule has 7 heteroatoms. The number of rotatable bonds is 4. The molecule has 1 amide bonds. The molecule has 0 aromatic heterocycles. The maximum atomic E-state index is 13.7. The molecule has 4 rings (SSSR count). The van der Waals surface area contributed by atoms with Crippen molar-refractivity contribution in [3.05, 3.63) is 60.2 Å². The summed E-state index contributed by atoms with van der Waals surface area (Å²) < 4.78 is 35.3. The maximum Gasteiger partial charge on any atom is 0.247 e. The van der Waals surface area contributed by atoms with Crippen LogP contribution in [0.3, 0.4) is 0 Å². The van der Waals surface area contributed by atoms with Crippen LogP contribution in [0.25, 0.3) is 0 Å². The van der Waals surface area contributed by atoms with E-state index in [2.05, 4.69) is 0 Å². The van der Waals surface area contributed by atoms with E-state index in [1.54, 1.807) is 28.6 Å². The highest BCUT2D eigenvalue weighted by molar-refractivity contribution is 7.89. The molecule has 0 bridgehead atoms. The van der Waals surface area contributed by atoms with Crippen molar-refractivity contribution in [3.63, 3.8) is 0 Å². The topological polar surface area (TPSA) is 66.9 Å². The third-order valence-corrected chi connectivity index (χ3v) is 7.92. The van der Waals surface area contributed by atoms with Gasteiger partial charge in [0.2, 0.25) is 15.9 Å². The van der Waals surface area contributed by atoms with E-state index in [9.17, 15) is 13.2 Å². The average molecular weight is 443 g/mol. The van der Waals surface area contributed by atoms with Crippen LogP contribution in [0.5, 0.6) is 5.75 Å². The molecule has 2 aliphatic rings. The minimum Gasteiger partial charge on any atom is -0.487 e. The van der Waals surface area contributed by atoms with Gasteiger partial charge in [-0.3, -0.25) is 4.79 Å². The van der Waals surface area contributed by atoms with Gasteiger partial charge in [-0.1, -0.05) is 56.3 Å². The Balaban J connectivity index is 1.70. The lowest BCUT2D eigenvalue weighted by molar-refractivity contribution is -0.131. The first-order valence-electron chi connectivity index (χ1n) is 11.0. The molecule has 31 heavy (non-hydrogen) atoms. The molecule has 6 nitrogen and oxygen atoms in total. The lowest BCUT2D eigenvalue weighted by Crippen LogP contribution is -2.46. The van der Waals surface area contributed by atoms with Crippen LogP contribution < -0.4 is 4.74 Å². The minimum atomic E-state index is -3.76. The lowest BCUT2D eigenvalue weighted by Gasteiger charge is -2.31. The molecule has 166 valence electrons. The molecule has 2 atom stereocenters.